The van der Waals surface area contributed by atoms with Crippen molar-refractivity contribution in [2.24, 2.45) is 0 Å². The molecule has 1 atom stereocenters. The van der Waals surface area contributed by atoms with Gasteiger partial charge in [-0.25, -0.2) is 8.42 Å². The maximum absolute atomic E-state index is 11.6. The lowest BCUT2D eigenvalue weighted by atomic mass is 10.6. The average Bonchev–Trinajstić information content (AvgIpc) is 2.50. The number of sulfone groups is 1. The number of halogens is 1. The molecule has 0 fully saturated rings. The summed E-state index contributed by atoms with van der Waals surface area (Å²) in [4.78, 5) is 0. The Hall–Kier alpha value is -0.200. The van der Waals surface area contributed by atoms with Crippen molar-refractivity contribution in [3.8, 4) is 0 Å². The molecule has 0 radical (unpaired) electrons. The molecule has 0 amide bonds. The number of alkyl halides is 1. The van der Waals surface area contributed by atoms with Crippen LogP contribution in [0.5, 0.6) is 0 Å². The standard InChI is InChI=1S/C6H9ClN2O2S2/c1-4(3-7)13(10,11)6-9-8-5(2)12-6/h4H,3H2,1-2H3. The summed E-state index contributed by atoms with van der Waals surface area (Å²) in [5, 5.41) is 7.25. The van der Waals surface area contributed by atoms with Gasteiger partial charge >= 0.3 is 0 Å². The van der Waals surface area contributed by atoms with Crippen molar-refractivity contribution in [3.63, 3.8) is 0 Å². The van der Waals surface area contributed by atoms with E-state index in [1.54, 1.807) is 13.8 Å². The number of hydrogen-bond donors (Lipinski definition) is 0. The van der Waals surface area contributed by atoms with E-state index >= 15 is 0 Å². The fraction of sp³-hybridized carbons (Fsp3) is 0.667. The highest BCUT2D eigenvalue weighted by Crippen LogP contribution is 2.20. The maximum Gasteiger partial charge on any atom is 0.232 e. The maximum atomic E-state index is 11.6. The van der Waals surface area contributed by atoms with Crippen molar-refractivity contribution in [2.45, 2.75) is 23.4 Å². The van der Waals surface area contributed by atoms with Gasteiger partial charge in [-0.2, -0.15) is 0 Å². The van der Waals surface area contributed by atoms with Gasteiger partial charge in [0.1, 0.15) is 5.01 Å². The van der Waals surface area contributed by atoms with Crippen LogP contribution in [0.25, 0.3) is 0 Å². The molecule has 0 N–H and O–H groups in total. The minimum Gasteiger partial charge on any atom is -0.221 e. The molecular weight excluding hydrogens is 232 g/mol. The topological polar surface area (TPSA) is 59.9 Å². The Bertz CT molecular complexity index is 387. The quantitative estimate of drug-likeness (QED) is 0.746. The van der Waals surface area contributed by atoms with Gasteiger partial charge in [-0.05, 0) is 13.8 Å². The van der Waals surface area contributed by atoms with E-state index in [2.05, 4.69) is 10.2 Å². The Kier molecular flexibility index (Phi) is 3.26. The van der Waals surface area contributed by atoms with Crippen molar-refractivity contribution in [3.05, 3.63) is 5.01 Å². The Morgan fingerprint density at radius 1 is 1.54 bits per heavy atom. The molecular formula is C6H9ClN2O2S2. The van der Waals surface area contributed by atoms with E-state index in [1.165, 1.54) is 0 Å². The molecule has 1 unspecified atom stereocenters. The van der Waals surface area contributed by atoms with Crippen LogP contribution in [0.15, 0.2) is 4.34 Å². The second-order valence-corrected chi connectivity index (χ2v) is 6.63. The predicted octanol–water partition coefficient (Wildman–Crippen LogP) is 1.25. The molecule has 1 aromatic rings. The Morgan fingerprint density at radius 3 is 2.54 bits per heavy atom. The van der Waals surface area contributed by atoms with Crippen LogP contribution >= 0.6 is 22.9 Å². The lowest BCUT2D eigenvalue weighted by Crippen LogP contribution is -2.19. The van der Waals surface area contributed by atoms with Gasteiger partial charge in [0.25, 0.3) is 0 Å². The SMILES string of the molecule is Cc1nnc(S(=O)(=O)C(C)CCl)s1. The van der Waals surface area contributed by atoms with Crippen LogP contribution in [0, 0.1) is 6.92 Å². The van der Waals surface area contributed by atoms with Gasteiger partial charge in [-0.3, -0.25) is 0 Å². The molecule has 7 heteroatoms. The summed E-state index contributed by atoms with van der Waals surface area (Å²) < 4.78 is 23.3. The fourth-order valence-electron chi connectivity index (χ4n) is 0.648. The zero-order valence-corrected chi connectivity index (χ0v) is 9.58. The zero-order chi connectivity index (χ0) is 10.1. The Balaban J connectivity index is 3.08. The minimum atomic E-state index is -3.36. The number of aryl methyl sites for hydroxylation is 1. The molecule has 4 nitrogen and oxygen atoms in total. The molecule has 1 rings (SSSR count). The van der Waals surface area contributed by atoms with Gasteiger partial charge < -0.3 is 0 Å². The van der Waals surface area contributed by atoms with Crippen LogP contribution in [-0.4, -0.2) is 29.7 Å². The van der Waals surface area contributed by atoms with Crippen molar-refractivity contribution in [1.82, 2.24) is 10.2 Å². The number of nitrogens with zero attached hydrogens (tertiary/aromatic N) is 2. The first-order chi connectivity index (χ1) is 5.98. The van der Waals surface area contributed by atoms with Crippen molar-refractivity contribution >= 4 is 32.8 Å². The highest BCUT2D eigenvalue weighted by molar-refractivity contribution is 7.94. The first-order valence-corrected chi connectivity index (χ1v) is 6.48. The summed E-state index contributed by atoms with van der Waals surface area (Å²) in [6.07, 6.45) is 0. The number of aromatic nitrogens is 2. The van der Waals surface area contributed by atoms with Crippen LogP contribution < -0.4 is 0 Å². The number of rotatable bonds is 3. The highest BCUT2D eigenvalue weighted by Gasteiger charge is 2.26. The second kappa shape index (κ2) is 3.89. The number of hydrogen-bond acceptors (Lipinski definition) is 5. The van der Waals surface area contributed by atoms with E-state index in [0.29, 0.717) is 5.01 Å². The third-order valence-corrected chi connectivity index (χ3v) is 5.52. The predicted molar refractivity (Wildman–Crippen MR) is 52.0 cm³/mol. The molecule has 0 saturated carbocycles. The van der Waals surface area contributed by atoms with Crippen molar-refractivity contribution in [1.29, 1.82) is 0 Å². The molecule has 0 aliphatic heterocycles. The molecule has 0 aliphatic carbocycles. The third-order valence-electron chi connectivity index (χ3n) is 1.50. The Morgan fingerprint density at radius 2 is 2.15 bits per heavy atom. The first kappa shape index (κ1) is 10.9. The summed E-state index contributed by atoms with van der Waals surface area (Å²) >= 11 is 6.54. The van der Waals surface area contributed by atoms with Crippen LogP contribution in [0.4, 0.5) is 0 Å². The third kappa shape index (κ3) is 2.18. The van der Waals surface area contributed by atoms with Crippen molar-refractivity contribution < 1.29 is 8.42 Å². The first-order valence-electron chi connectivity index (χ1n) is 3.58. The lowest BCUT2D eigenvalue weighted by molar-refractivity contribution is 0.586. The summed E-state index contributed by atoms with van der Waals surface area (Å²) in [5.74, 6) is 0.0704. The molecule has 0 spiro atoms. The van der Waals surface area contributed by atoms with Gasteiger partial charge in [0.2, 0.25) is 14.2 Å². The molecule has 1 heterocycles. The monoisotopic (exact) mass is 240 g/mol. The molecule has 0 saturated heterocycles. The van der Waals surface area contributed by atoms with Gasteiger partial charge in [0.15, 0.2) is 0 Å². The Labute approximate surface area is 85.9 Å². The summed E-state index contributed by atoms with van der Waals surface area (Å²) in [7, 11) is -3.36. The largest absolute Gasteiger partial charge is 0.232 e. The molecule has 1 aromatic heterocycles. The van der Waals surface area contributed by atoms with E-state index < -0.39 is 15.1 Å². The second-order valence-electron chi connectivity index (χ2n) is 2.60. The summed E-state index contributed by atoms with van der Waals surface area (Å²) in [5.41, 5.74) is 0. The van der Waals surface area contributed by atoms with Gasteiger partial charge in [0, 0.05) is 5.88 Å². The summed E-state index contributed by atoms with van der Waals surface area (Å²) in [6.45, 7) is 3.26. The van der Waals surface area contributed by atoms with E-state index in [-0.39, 0.29) is 10.2 Å². The van der Waals surface area contributed by atoms with Crippen LogP contribution in [0.3, 0.4) is 0 Å². The minimum absolute atomic E-state index is 0.0538. The molecule has 0 aliphatic rings. The van der Waals surface area contributed by atoms with E-state index in [0.717, 1.165) is 11.3 Å². The van der Waals surface area contributed by atoms with Crippen molar-refractivity contribution in [2.75, 3.05) is 5.88 Å². The van der Waals surface area contributed by atoms with Crippen LogP contribution in [-0.2, 0) is 9.84 Å². The van der Waals surface area contributed by atoms with Crippen LogP contribution in [0.2, 0.25) is 0 Å². The molecule has 0 bridgehead atoms. The molecule has 0 aromatic carbocycles. The molecule has 74 valence electrons. The van der Waals surface area contributed by atoms with Gasteiger partial charge in [-0.15, -0.1) is 21.8 Å². The normalized spacial score (nSPS) is 14.4. The highest BCUT2D eigenvalue weighted by atomic mass is 35.5. The lowest BCUT2D eigenvalue weighted by Gasteiger charge is -2.04. The smallest absolute Gasteiger partial charge is 0.221 e. The van der Waals surface area contributed by atoms with E-state index in [4.69, 9.17) is 11.6 Å². The summed E-state index contributed by atoms with van der Waals surface area (Å²) in [6, 6.07) is 0. The zero-order valence-electron chi connectivity index (χ0n) is 7.19. The fourth-order valence-corrected chi connectivity index (χ4v) is 3.55. The van der Waals surface area contributed by atoms with E-state index in [9.17, 15) is 8.42 Å². The molecule has 13 heavy (non-hydrogen) atoms. The van der Waals surface area contributed by atoms with Crippen LogP contribution in [0.1, 0.15) is 11.9 Å². The average molecular weight is 241 g/mol. The van der Waals surface area contributed by atoms with Gasteiger partial charge in [-0.1, -0.05) is 11.3 Å². The van der Waals surface area contributed by atoms with E-state index in [1.807, 2.05) is 0 Å². The van der Waals surface area contributed by atoms with Gasteiger partial charge in [0.05, 0.1) is 5.25 Å².